The SMILES string of the molecule is CCCN(C)CCC1(N)CCCCC1. The van der Waals surface area contributed by atoms with Crippen LogP contribution in [0.3, 0.4) is 0 Å². The van der Waals surface area contributed by atoms with Gasteiger partial charge in [0.15, 0.2) is 0 Å². The van der Waals surface area contributed by atoms with Crippen LogP contribution in [0.15, 0.2) is 0 Å². The summed E-state index contributed by atoms with van der Waals surface area (Å²) in [7, 11) is 2.20. The first-order valence-corrected chi connectivity index (χ1v) is 6.14. The summed E-state index contributed by atoms with van der Waals surface area (Å²) in [4.78, 5) is 2.41. The molecule has 2 nitrogen and oxygen atoms in total. The molecule has 1 rings (SSSR count). The molecular weight excluding hydrogens is 172 g/mol. The van der Waals surface area contributed by atoms with Gasteiger partial charge in [0.25, 0.3) is 0 Å². The van der Waals surface area contributed by atoms with E-state index < -0.39 is 0 Å². The molecule has 0 atom stereocenters. The van der Waals surface area contributed by atoms with E-state index in [1.165, 1.54) is 58.0 Å². The van der Waals surface area contributed by atoms with Gasteiger partial charge >= 0.3 is 0 Å². The lowest BCUT2D eigenvalue weighted by Gasteiger charge is -2.34. The van der Waals surface area contributed by atoms with Gasteiger partial charge in [0.1, 0.15) is 0 Å². The van der Waals surface area contributed by atoms with Crippen LogP contribution in [-0.4, -0.2) is 30.6 Å². The van der Waals surface area contributed by atoms with Gasteiger partial charge in [0, 0.05) is 5.54 Å². The normalized spacial score (nSPS) is 21.4. The van der Waals surface area contributed by atoms with Crippen LogP contribution >= 0.6 is 0 Å². The van der Waals surface area contributed by atoms with Gasteiger partial charge < -0.3 is 10.6 Å². The molecule has 0 amide bonds. The van der Waals surface area contributed by atoms with Crippen LogP contribution < -0.4 is 5.73 Å². The third kappa shape index (κ3) is 3.97. The Morgan fingerprint density at radius 1 is 1.14 bits per heavy atom. The number of hydrogen-bond acceptors (Lipinski definition) is 2. The topological polar surface area (TPSA) is 29.3 Å². The molecule has 1 fully saturated rings. The molecule has 1 aliphatic rings. The molecule has 0 radical (unpaired) electrons. The third-order valence-electron chi connectivity index (χ3n) is 3.45. The van der Waals surface area contributed by atoms with E-state index in [1.807, 2.05) is 0 Å². The van der Waals surface area contributed by atoms with E-state index in [1.54, 1.807) is 0 Å². The molecule has 0 heterocycles. The van der Waals surface area contributed by atoms with Crippen LogP contribution in [0.2, 0.25) is 0 Å². The number of hydrogen-bond donors (Lipinski definition) is 1. The van der Waals surface area contributed by atoms with Crippen molar-refractivity contribution in [2.45, 2.75) is 57.4 Å². The highest BCUT2D eigenvalue weighted by Gasteiger charge is 2.26. The molecule has 0 spiro atoms. The Bertz CT molecular complexity index is 150. The minimum Gasteiger partial charge on any atom is -0.325 e. The van der Waals surface area contributed by atoms with Crippen molar-refractivity contribution >= 4 is 0 Å². The molecule has 84 valence electrons. The van der Waals surface area contributed by atoms with Crippen molar-refractivity contribution < 1.29 is 0 Å². The quantitative estimate of drug-likeness (QED) is 0.735. The molecule has 2 N–H and O–H groups in total. The van der Waals surface area contributed by atoms with Crippen LogP contribution in [-0.2, 0) is 0 Å². The maximum Gasteiger partial charge on any atom is 0.0166 e. The molecular formula is C12H26N2. The molecule has 0 bridgehead atoms. The molecule has 0 aliphatic heterocycles. The van der Waals surface area contributed by atoms with Crippen LogP contribution in [0.4, 0.5) is 0 Å². The summed E-state index contributed by atoms with van der Waals surface area (Å²) in [6.07, 6.45) is 8.99. The van der Waals surface area contributed by atoms with E-state index in [0.717, 1.165) is 0 Å². The highest BCUT2D eigenvalue weighted by atomic mass is 15.1. The van der Waals surface area contributed by atoms with E-state index >= 15 is 0 Å². The Balaban J connectivity index is 2.21. The fourth-order valence-electron chi connectivity index (χ4n) is 2.41. The average molecular weight is 198 g/mol. The molecule has 14 heavy (non-hydrogen) atoms. The minimum absolute atomic E-state index is 0.167. The maximum absolute atomic E-state index is 6.38. The summed E-state index contributed by atoms with van der Waals surface area (Å²) >= 11 is 0. The monoisotopic (exact) mass is 198 g/mol. The molecule has 0 unspecified atom stereocenters. The smallest absolute Gasteiger partial charge is 0.0166 e. The second-order valence-electron chi connectivity index (χ2n) is 4.98. The zero-order valence-corrected chi connectivity index (χ0v) is 9.89. The largest absolute Gasteiger partial charge is 0.325 e. The van der Waals surface area contributed by atoms with Gasteiger partial charge in [-0.2, -0.15) is 0 Å². The molecule has 0 saturated heterocycles. The Kier molecular flexibility index (Phi) is 4.90. The predicted molar refractivity (Wildman–Crippen MR) is 62.4 cm³/mol. The first-order chi connectivity index (χ1) is 6.66. The summed E-state index contributed by atoms with van der Waals surface area (Å²) in [5.41, 5.74) is 6.54. The van der Waals surface area contributed by atoms with Gasteiger partial charge in [-0.25, -0.2) is 0 Å². The average Bonchev–Trinajstić information content (AvgIpc) is 2.17. The fourth-order valence-corrected chi connectivity index (χ4v) is 2.41. The minimum atomic E-state index is 0.167. The second-order valence-corrected chi connectivity index (χ2v) is 4.98. The summed E-state index contributed by atoms with van der Waals surface area (Å²) in [6.45, 7) is 4.61. The zero-order chi connectivity index (χ0) is 10.4. The number of rotatable bonds is 5. The van der Waals surface area contributed by atoms with Gasteiger partial charge in [-0.3, -0.25) is 0 Å². The number of nitrogens with two attached hydrogens (primary N) is 1. The van der Waals surface area contributed by atoms with E-state index in [9.17, 15) is 0 Å². The lowest BCUT2D eigenvalue weighted by Crippen LogP contribution is -2.44. The van der Waals surface area contributed by atoms with Gasteiger partial charge in [-0.15, -0.1) is 0 Å². The lowest BCUT2D eigenvalue weighted by atomic mass is 9.80. The number of nitrogens with zero attached hydrogens (tertiary/aromatic N) is 1. The summed E-state index contributed by atoms with van der Waals surface area (Å²) in [5.74, 6) is 0. The van der Waals surface area contributed by atoms with Gasteiger partial charge in [-0.05, 0) is 45.8 Å². The predicted octanol–water partition coefficient (Wildman–Crippen LogP) is 2.38. The third-order valence-corrected chi connectivity index (χ3v) is 3.45. The molecule has 1 saturated carbocycles. The molecule has 2 heteroatoms. The van der Waals surface area contributed by atoms with E-state index in [2.05, 4.69) is 18.9 Å². The van der Waals surface area contributed by atoms with Crippen LogP contribution in [0.1, 0.15) is 51.9 Å². The van der Waals surface area contributed by atoms with E-state index in [-0.39, 0.29) is 5.54 Å². The van der Waals surface area contributed by atoms with E-state index in [4.69, 9.17) is 5.73 Å². The Morgan fingerprint density at radius 2 is 1.79 bits per heavy atom. The van der Waals surface area contributed by atoms with Crippen LogP contribution in [0.25, 0.3) is 0 Å². The van der Waals surface area contributed by atoms with Crippen molar-refractivity contribution in [2.75, 3.05) is 20.1 Å². The Morgan fingerprint density at radius 3 is 2.36 bits per heavy atom. The first kappa shape index (κ1) is 12.0. The van der Waals surface area contributed by atoms with Crippen molar-refractivity contribution in [3.8, 4) is 0 Å². The van der Waals surface area contributed by atoms with Crippen molar-refractivity contribution in [3.05, 3.63) is 0 Å². The Labute approximate surface area is 88.8 Å². The lowest BCUT2D eigenvalue weighted by molar-refractivity contribution is 0.230. The van der Waals surface area contributed by atoms with Crippen molar-refractivity contribution in [3.63, 3.8) is 0 Å². The molecule has 1 aliphatic carbocycles. The fraction of sp³-hybridized carbons (Fsp3) is 1.00. The molecule has 0 aromatic heterocycles. The zero-order valence-electron chi connectivity index (χ0n) is 9.89. The van der Waals surface area contributed by atoms with Crippen molar-refractivity contribution in [2.24, 2.45) is 5.73 Å². The summed E-state index contributed by atoms with van der Waals surface area (Å²) < 4.78 is 0. The van der Waals surface area contributed by atoms with Gasteiger partial charge in [0.2, 0.25) is 0 Å². The van der Waals surface area contributed by atoms with Crippen molar-refractivity contribution in [1.82, 2.24) is 4.90 Å². The standard InChI is InChI=1S/C12H26N2/c1-3-10-14(2)11-9-12(13)7-5-4-6-8-12/h3-11,13H2,1-2H3. The highest BCUT2D eigenvalue weighted by Crippen LogP contribution is 2.28. The van der Waals surface area contributed by atoms with Crippen molar-refractivity contribution in [1.29, 1.82) is 0 Å². The van der Waals surface area contributed by atoms with E-state index in [0.29, 0.717) is 0 Å². The summed E-state index contributed by atoms with van der Waals surface area (Å²) in [6, 6.07) is 0. The highest BCUT2D eigenvalue weighted by molar-refractivity contribution is 4.87. The summed E-state index contributed by atoms with van der Waals surface area (Å²) in [5, 5.41) is 0. The molecule has 0 aromatic carbocycles. The maximum atomic E-state index is 6.38. The molecule has 0 aromatic rings. The van der Waals surface area contributed by atoms with Gasteiger partial charge in [-0.1, -0.05) is 26.2 Å². The first-order valence-electron chi connectivity index (χ1n) is 6.14. The Hall–Kier alpha value is -0.0800. The second kappa shape index (κ2) is 5.72. The van der Waals surface area contributed by atoms with Gasteiger partial charge in [0.05, 0.1) is 0 Å². The van der Waals surface area contributed by atoms with Crippen LogP contribution in [0, 0.1) is 0 Å². The van der Waals surface area contributed by atoms with Crippen LogP contribution in [0.5, 0.6) is 0 Å².